The monoisotopic (exact) mass is 363 g/mol. The first-order valence-corrected chi connectivity index (χ1v) is 9.33. The van der Waals surface area contributed by atoms with Gasteiger partial charge in [-0.25, -0.2) is 9.18 Å². The highest BCUT2D eigenvalue weighted by Gasteiger charge is 2.26. The summed E-state index contributed by atoms with van der Waals surface area (Å²) in [5.74, 6) is -0.00166. The van der Waals surface area contributed by atoms with E-state index in [9.17, 15) is 14.0 Å². The van der Waals surface area contributed by atoms with Crippen molar-refractivity contribution < 1.29 is 18.7 Å². The number of halogens is 1. The Kier molecular flexibility index (Phi) is 6.30. The Bertz CT molecular complexity index is 609. The van der Waals surface area contributed by atoms with Gasteiger partial charge in [-0.2, -0.15) is 0 Å². The van der Waals surface area contributed by atoms with E-state index in [4.69, 9.17) is 4.74 Å². The summed E-state index contributed by atoms with van der Waals surface area (Å²) < 4.78 is 18.3. The van der Waals surface area contributed by atoms with Gasteiger partial charge in [0.05, 0.1) is 0 Å². The van der Waals surface area contributed by atoms with Crippen LogP contribution in [0.1, 0.15) is 32.1 Å². The SMILES string of the molecule is O=C(COc1ccc(F)cc1)N1CCN(C(=O)NC2CCCCC2)CC1. The lowest BCUT2D eigenvalue weighted by Crippen LogP contribution is -2.55. The van der Waals surface area contributed by atoms with E-state index in [1.807, 2.05) is 0 Å². The van der Waals surface area contributed by atoms with Crippen molar-refractivity contribution in [2.24, 2.45) is 0 Å². The van der Waals surface area contributed by atoms with Gasteiger partial charge in [0.2, 0.25) is 0 Å². The van der Waals surface area contributed by atoms with E-state index in [2.05, 4.69) is 5.32 Å². The van der Waals surface area contributed by atoms with Crippen molar-refractivity contribution in [3.8, 4) is 5.75 Å². The number of carbonyl (C=O) groups excluding carboxylic acids is 2. The predicted octanol–water partition coefficient (Wildman–Crippen LogP) is 2.39. The Labute approximate surface area is 153 Å². The molecule has 7 heteroatoms. The van der Waals surface area contributed by atoms with Crippen molar-refractivity contribution in [1.82, 2.24) is 15.1 Å². The van der Waals surface area contributed by atoms with E-state index in [1.165, 1.54) is 43.5 Å². The van der Waals surface area contributed by atoms with E-state index in [0.29, 0.717) is 38.0 Å². The molecule has 1 heterocycles. The lowest BCUT2D eigenvalue weighted by atomic mass is 9.96. The zero-order valence-electron chi connectivity index (χ0n) is 15.0. The van der Waals surface area contributed by atoms with Gasteiger partial charge in [0, 0.05) is 32.2 Å². The molecule has 3 amide bonds. The largest absolute Gasteiger partial charge is 0.484 e. The number of nitrogens with zero attached hydrogens (tertiary/aromatic N) is 2. The number of hydrogen-bond donors (Lipinski definition) is 1. The maximum atomic E-state index is 12.9. The summed E-state index contributed by atoms with van der Waals surface area (Å²) in [6, 6.07) is 5.85. The van der Waals surface area contributed by atoms with Crippen molar-refractivity contribution in [3.05, 3.63) is 30.1 Å². The number of amides is 3. The summed E-state index contributed by atoms with van der Waals surface area (Å²) in [4.78, 5) is 28.1. The van der Waals surface area contributed by atoms with Gasteiger partial charge in [-0.05, 0) is 37.1 Å². The first kappa shape index (κ1) is 18.5. The molecule has 26 heavy (non-hydrogen) atoms. The molecule has 1 saturated carbocycles. The van der Waals surface area contributed by atoms with Crippen LogP contribution in [-0.4, -0.2) is 60.6 Å². The number of hydrogen-bond acceptors (Lipinski definition) is 3. The topological polar surface area (TPSA) is 61.9 Å². The van der Waals surface area contributed by atoms with Crippen LogP contribution >= 0.6 is 0 Å². The number of urea groups is 1. The molecule has 0 radical (unpaired) electrons. The third-order valence-electron chi connectivity index (χ3n) is 5.03. The third kappa shape index (κ3) is 5.09. The fraction of sp³-hybridized carbons (Fsp3) is 0.579. The second kappa shape index (κ2) is 8.87. The minimum Gasteiger partial charge on any atom is -0.484 e. The molecule has 0 unspecified atom stereocenters. The molecule has 3 rings (SSSR count). The van der Waals surface area contributed by atoms with Gasteiger partial charge in [0.25, 0.3) is 5.91 Å². The number of ether oxygens (including phenoxy) is 1. The van der Waals surface area contributed by atoms with Gasteiger partial charge in [-0.1, -0.05) is 19.3 Å². The van der Waals surface area contributed by atoms with Crippen LogP contribution in [0.25, 0.3) is 0 Å². The van der Waals surface area contributed by atoms with Crippen LogP contribution in [0.5, 0.6) is 5.75 Å². The highest BCUT2D eigenvalue weighted by atomic mass is 19.1. The zero-order chi connectivity index (χ0) is 18.4. The Hall–Kier alpha value is -2.31. The number of nitrogens with one attached hydrogen (secondary N) is 1. The van der Waals surface area contributed by atoms with E-state index in [1.54, 1.807) is 9.80 Å². The first-order valence-electron chi connectivity index (χ1n) is 9.33. The average Bonchev–Trinajstić information content (AvgIpc) is 2.68. The lowest BCUT2D eigenvalue weighted by molar-refractivity contribution is -0.134. The second-order valence-electron chi connectivity index (χ2n) is 6.89. The Morgan fingerprint density at radius 3 is 2.27 bits per heavy atom. The van der Waals surface area contributed by atoms with Crippen molar-refractivity contribution in [1.29, 1.82) is 0 Å². The number of rotatable bonds is 4. The van der Waals surface area contributed by atoms with Gasteiger partial charge >= 0.3 is 6.03 Å². The maximum Gasteiger partial charge on any atom is 0.317 e. The minimum atomic E-state index is -0.341. The van der Waals surface area contributed by atoms with Crippen LogP contribution in [0.3, 0.4) is 0 Å². The van der Waals surface area contributed by atoms with E-state index in [0.717, 1.165) is 12.8 Å². The fourth-order valence-corrected chi connectivity index (χ4v) is 3.44. The third-order valence-corrected chi connectivity index (χ3v) is 5.03. The summed E-state index contributed by atoms with van der Waals surface area (Å²) in [5.41, 5.74) is 0. The van der Waals surface area contributed by atoms with Gasteiger partial charge in [-0.15, -0.1) is 0 Å². The summed E-state index contributed by atoms with van der Waals surface area (Å²) in [7, 11) is 0. The molecule has 2 fully saturated rings. The van der Waals surface area contributed by atoms with E-state index < -0.39 is 0 Å². The zero-order valence-corrected chi connectivity index (χ0v) is 15.0. The van der Waals surface area contributed by atoms with Crippen molar-refractivity contribution in [2.75, 3.05) is 32.8 Å². The average molecular weight is 363 g/mol. The van der Waals surface area contributed by atoms with Crippen molar-refractivity contribution in [3.63, 3.8) is 0 Å². The molecule has 1 aromatic carbocycles. The van der Waals surface area contributed by atoms with Gasteiger partial charge in [0.1, 0.15) is 11.6 Å². The quantitative estimate of drug-likeness (QED) is 0.894. The molecule has 6 nitrogen and oxygen atoms in total. The van der Waals surface area contributed by atoms with Crippen LogP contribution in [0, 0.1) is 5.82 Å². The summed E-state index contributed by atoms with van der Waals surface area (Å²) in [6.45, 7) is 1.98. The second-order valence-corrected chi connectivity index (χ2v) is 6.89. The molecule has 1 aliphatic heterocycles. The Morgan fingerprint density at radius 2 is 1.62 bits per heavy atom. The molecular formula is C19H26FN3O3. The predicted molar refractivity (Wildman–Crippen MR) is 95.5 cm³/mol. The smallest absolute Gasteiger partial charge is 0.317 e. The van der Waals surface area contributed by atoms with E-state index in [-0.39, 0.29) is 24.4 Å². The molecule has 0 spiro atoms. The molecule has 0 atom stereocenters. The highest BCUT2D eigenvalue weighted by Crippen LogP contribution is 2.18. The Morgan fingerprint density at radius 1 is 1.00 bits per heavy atom. The summed E-state index contributed by atoms with van der Waals surface area (Å²) in [6.07, 6.45) is 5.74. The molecular weight excluding hydrogens is 337 g/mol. The van der Waals surface area contributed by atoms with Crippen LogP contribution in [0.4, 0.5) is 9.18 Å². The van der Waals surface area contributed by atoms with Crippen LogP contribution in [-0.2, 0) is 4.79 Å². The van der Waals surface area contributed by atoms with Crippen LogP contribution in [0.2, 0.25) is 0 Å². The summed E-state index contributed by atoms with van der Waals surface area (Å²) >= 11 is 0. The van der Waals surface area contributed by atoms with Crippen molar-refractivity contribution in [2.45, 2.75) is 38.1 Å². The molecule has 1 N–H and O–H groups in total. The molecule has 2 aliphatic rings. The molecule has 1 saturated heterocycles. The van der Waals surface area contributed by atoms with Crippen molar-refractivity contribution >= 4 is 11.9 Å². The summed E-state index contributed by atoms with van der Waals surface area (Å²) in [5, 5.41) is 3.11. The van der Waals surface area contributed by atoms with Gasteiger partial charge in [0.15, 0.2) is 6.61 Å². The van der Waals surface area contributed by atoms with E-state index >= 15 is 0 Å². The van der Waals surface area contributed by atoms with Crippen LogP contribution < -0.4 is 10.1 Å². The Balaban J connectivity index is 1.39. The highest BCUT2D eigenvalue weighted by molar-refractivity contribution is 5.79. The number of benzene rings is 1. The fourth-order valence-electron chi connectivity index (χ4n) is 3.44. The molecule has 0 bridgehead atoms. The minimum absolute atomic E-state index is 0.0217. The normalized spacial score (nSPS) is 18.5. The molecule has 1 aliphatic carbocycles. The van der Waals surface area contributed by atoms with Gasteiger partial charge < -0.3 is 19.9 Å². The van der Waals surface area contributed by atoms with Gasteiger partial charge in [-0.3, -0.25) is 4.79 Å². The maximum absolute atomic E-state index is 12.9. The number of piperazine rings is 1. The first-order chi connectivity index (χ1) is 12.6. The number of carbonyl (C=O) groups is 2. The standard InChI is InChI=1S/C19H26FN3O3/c20-15-6-8-17(9-7-15)26-14-18(24)22-10-12-23(13-11-22)19(25)21-16-4-2-1-3-5-16/h6-9,16H,1-5,10-14H2,(H,21,25). The molecule has 142 valence electrons. The molecule has 0 aromatic heterocycles. The molecule has 1 aromatic rings. The lowest BCUT2D eigenvalue weighted by Gasteiger charge is -2.36. The van der Waals surface area contributed by atoms with Crippen LogP contribution in [0.15, 0.2) is 24.3 Å².